The number of aryl methyl sites for hydroxylation is 2. The van der Waals surface area contributed by atoms with E-state index in [1.807, 2.05) is 21.5 Å². The molecule has 0 aliphatic heterocycles. The van der Waals surface area contributed by atoms with Crippen LogP contribution in [0.15, 0.2) is 12.4 Å². The van der Waals surface area contributed by atoms with Crippen molar-refractivity contribution >= 4 is 11.6 Å². The first-order chi connectivity index (χ1) is 4.79. The Morgan fingerprint density at radius 2 is 2.30 bits per heavy atom. The van der Waals surface area contributed by atoms with Gasteiger partial charge in [-0.15, -0.1) is 0 Å². The number of hydrogen-bond donors (Lipinski definition) is 0. The second-order valence-electron chi connectivity index (χ2n) is 2.14. The van der Waals surface area contributed by atoms with Gasteiger partial charge in [0.05, 0.1) is 13.1 Å². The molecule has 0 spiro atoms. The van der Waals surface area contributed by atoms with E-state index in [4.69, 9.17) is 11.6 Å². The van der Waals surface area contributed by atoms with Gasteiger partial charge in [-0.25, -0.2) is 9.13 Å². The summed E-state index contributed by atoms with van der Waals surface area (Å²) in [5.74, 6) is 0. The molecule has 0 aliphatic rings. The Morgan fingerprint density at radius 3 is 2.60 bits per heavy atom. The summed E-state index contributed by atoms with van der Waals surface area (Å²) in [5.41, 5.74) is 0. The first-order valence-electron chi connectivity index (χ1n) is 3.53. The lowest BCUT2D eigenvalue weighted by molar-refractivity contribution is -0.690. The highest BCUT2D eigenvalue weighted by molar-refractivity contribution is 6.27. The Kier molecular flexibility index (Phi) is 2.33. The second-order valence-corrected chi connectivity index (χ2v) is 2.48. The Bertz CT molecular complexity index is 196. The van der Waals surface area contributed by atoms with E-state index in [9.17, 15) is 0 Å². The van der Waals surface area contributed by atoms with Crippen molar-refractivity contribution in [2.45, 2.75) is 26.9 Å². The zero-order valence-electron chi connectivity index (χ0n) is 6.34. The lowest BCUT2D eigenvalue weighted by Gasteiger charge is -1.90. The van der Waals surface area contributed by atoms with E-state index < -0.39 is 0 Å². The van der Waals surface area contributed by atoms with Crippen LogP contribution in [0.3, 0.4) is 0 Å². The highest BCUT2D eigenvalue weighted by Crippen LogP contribution is 2.01. The van der Waals surface area contributed by atoms with Crippen molar-refractivity contribution in [2.24, 2.45) is 0 Å². The third-order valence-electron chi connectivity index (χ3n) is 1.58. The fourth-order valence-corrected chi connectivity index (χ4v) is 1.27. The van der Waals surface area contributed by atoms with Crippen LogP contribution in [0.4, 0.5) is 0 Å². The summed E-state index contributed by atoms with van der Waals surface area (Å²) in [6, 6.07) is 0. The van der Waals surface area contributed by atoms with Crippen molar-refractivity contribution in [2.75, 3.05) is 0 Å². The van der Waals surface area contributed by atoms with Crippen molar-refractivity contribution in [1.82, 2.24) is 4.57 Å². The molecule has 0 bridgehead atoms. The van der Waals surface area contributed by atoms with E-state index >= 15 is 0 Å². The molecule has 0 unspecified atom stereocenters. The monoisotopic (exact) mass is 159 g/mol. The van der Waals surface area contributed by atoms with E-state index in [0.29, 0.717) is 0 Å². The van der Waals surface area contributed by atoms with Crippen LogP contribution in [-0.4, -0.2) is 4.57 Å². The van der Waals surface area contributed by atoms with Crippen molar-refractivity contribution in [1.29, 1.82) is 0 Å². The molecule has 0 aromatic carbocycles. The Morgan fingerprint density at radius 1 is 1.60 bits per heavy atom. The number of imidazole rings is 1. The number of nitrogens with zero attached hydrogens (tertiary/aromatic N) is 2. The molecule has 0 N–H and O–H groups in total. The first-order valence-corrected chi connectivity index (χ1v) is 3.91. The van der Waals surface area contributed by atoms with Gasteiger partial charge in [0.1, 0.15) is 12.4 Å². The third-order valence-corrected chi connectivity index (χ3v) is 2.02. The number of aromatic nitrogens is 2. The van der Waals surface area contributed by atoms with Gasteiger partial charge in [0.25, 0.3) is 0 Å². The van der Waals surface area contributed by atoms with E-state index in [-0.39, 0.29) is 0 Å². The molecule has 0 amide bonds. The van der Waals surface area contributed by atoms with Crippen LogP contribution >= 0.6 is 11.6 Å². The summed E-state index contributed by atoms with van der Waals surface area (Å²) >= 11 is 5.95. The second kappa shape index (κ2) is 3.06. The predicted molar refractivity (Wildman–Crippen MR) is 41.0 cm³/mol. The molecule has 1 heterocycles. The zero-order chi connectivity index (χ0) is 7.56. The van der Waals surface area contributed by atoms with Gasteiger partial charge in [0.2, 0.25) is 0 Å². The summed E-state index contributed by atoms with van der Waals surface area (Å²) in [5, 5.41) is 0.810. The van der Waals surface area contributed by atoms with Crippen LogP contribution in [0, 0.1) is 0 Å². The van der Waals surface area contributed by atoms with Gasteiger partial charge in [0, 0.05) is 11.6 Å². The highest BCUT2D eigenvalue weighted by atomic mass is 35.5. The average Bonchev–Trinajstić information content (AvgIpc) is 2.30. The minimum atomic E-state index is 0.810. The van der Waals surface area contributed by atoms with Crippen LogP contribution in [0.25, 0.3) is 0 Å². The van der Waals surface area contributed by atoms with Gasteiger partial charge in [-0.2, -0.15) is 0 Å². The minimum Gasteiger partial charge on any atom is -0.220 e. The highest BCUT2D eigenvalue weighted by Gasteiger charge is 2.09. The largest absolute Gasteiger partial charge is 0.354 e. The van der Waals surface area contributed by atoms with Gasteiger partial charge < -0.3 is 0 Å². The van der Waals surface area contributed by atoms with Crippen LogP contribution in [0.1, 0.15) is 13.8 Å². The Balaban J connectivity index is 2.97. The van der Waals surface area contributed by atoms with Crippen molar-refractivity contribution in [3.63, 3.8) is 0 Å². The quantitative estimate of drug-likeness (QED) is 0.578. The Labute approximate surface area is 66.0 Å². The maximum atomic E-state index is 5.95. The smallest absolute Gasteiger partial charge is 0.220 e. The SMILES string of the molecule is CCn1cc[n+](CC)c1Cl. The molecule has 0 atom stereocenters. The van der Waals surface area contributed by atoms with Gasteiger partial charge in [-0.3, -0.25) is 0 Å². The number of rotatable bonds is 2. The molecular weight excluding hydrogens is 148 g/mol. The van der Waals surface area contributed by atoms with E-state index in [0.717, 1.165) is 18.4 Å². The van der Waals surface area contributed by atoms with Crippen LogP contribution in [0.2, 0.25) is 5.28 Å². The van der Waals surface area contributed by atoms with Crippen molar-refractivity contribution in [3.8, 4) is 0 Å². The molecule has 0 fully saturated rings. The summed E-state index contributed by atoms with van der Waals surface area (Å²) in [4.78, 5) is 0. The molecule has 56 valence electrons. The minimum absolute atomic E-state index is 0.810. The topological polar surface area (TPSA) is 8.81 Å². The fourth-order valence-electron chi connectivity index (χ4n) is 0.921. The van der Waals surface area contributed by atoms with Gasteiger partial charge in [-0.1, -0.05) is 0 Å². The molecule has 2 nitrogen and oxygen atoms in total. The predicted octanol–water partition coefficient (Wildman–Crippen LogP) is 1.47. The standard InChI is InChI=1S/C7H12ClN2/c1-3-9-5-6-10(4-2)7(9)8/h5-6H,3-4H2,1-2H3/q+1. The lowest BCUT2D eigenvalue weighted by atomic mass is 10.7. The number of halogens is 1. The molecule has 1 aromatic rings. The van der Waals surface area contributed by atoms with E-state index in [1.165, 1.54) is 0 Å². The average molecular weight is 160 g/mol. The summed E-state index contributed by atoms with van der Waals surface area (Å²) in [6.07, 6.45) is 3.98. The van der Waals surface area contributed by atoms with E-state index in [2.05, 4.69) is 13.8 Å². The Hall–Kier alpha value is -0.500. The fraction of sp³-hybridized carbons (Fsp3) is 0.571. The van der Waals surface area contributed by atoms with E-state index in [1.54, 1.807) is 0 Å². The molecule has 0 aliphatic carbocycles. The molecule has 1 aromatic heterocycles. The summed E-state index contributed by atoms with van der Waals surface area (Å²) < 4.78 is 4.01. The molecule has 1 rings (SSSR count). The van der Waals surface area contributed by atoms with Gasteiger partial charge in [0.15, 0.2) is 0 Å². The molecule has 10 heavy (non-hydrogen) atoms. The third kappa shape index (κ3) is 1.16. The summed E-state index contributed by atoms with van der Waals surface area (Å²) in [6.45, 7) is 6.02. The van der Waals surface area contributed by atoms with Crippen LogP contribution in [-0.2, 0) is 13.1 Å². The normalized spacial score (nSPS) is 10.3. The molecule has 3 heteroatoms. The van der Waals surface area contributed by atoms with Crippen molar-refractivity contribution < 1.29 is 4.57 Å². The van der Waals surface area contributed by atoms with Crippen molar-refractivity contribution in [3.05, 3.63) is 17.7 Å². The van der Waals surface area contributed by atoms with Gasteiger partial charge >= 0.3 is 5.28 Å². The molecular formula is C7H12ClN2+. The van der Waals surface area contributed by atoms with Gasteiger partial charge in [-0.05, 0) is 13.8 Å². The van der Waals surface area contributed by atoms with Crippen LogP contribution < -0.4 is 4.57 Å². The molecule has 0 radical (unpaired) electrons. The maximum absolute atomic E-state index is 5.95. The first kappa shape index (κ1) is 7.61. The maximum Gasteiger partial charge on any atom is 0.354 e. The van der Waals surface area contributed by atoms with Crippen LogP contribution in [0.5, 0.6) is 0 Å². The lowest BCUT2D eigenvalue weighted by Crippen LogP contribution is -2.31. The number of hydrogen-bond acceptors (Lipinski definition) is 0. The summed E-state index contributed by atoms with van der Waals surface area (Å²) in [7, 11) is 0. The molecule has 0 saturated carbocycles. The zero-order valence-corrected chi connectivity index (χ0v) is 7.10. The molecule has 0 saturated heterocycles.